The standard InChI is InChI=1S/C19H21NO2/c1-20-14-13-19(17-7-3-2-4-8-17)22-18-11-9-16(10-12-18)6-5-15-21/h2-12,15,19-20H,13-14H2,1H3/b6-5+. The van der Waals surface area contributed by atoms with Gasteiger partial charge >= 0.3 is 0 Å². The fourth-order valence-corrected chi connectivity index (χ4v) is 2.21. The lowest BCUT2D eigenvalue weighted by molar-refractivity contribution is -0.104. The maximum absolute atomic E-state index is 10.3. The van der Waals surface area contributed by atoms with E-state index >= 15 is 0 Å². The third kappa shape index (κ3) is 4.86. The molecule has 2 aromatic carbocycles. The van der Waals surface area contributed by atoms with Gasteiger partial charge in [0.05, 0.1) is 0 Å². The molecule has 0 aromatic heterocycles. The predicted octanol–water partition coefficient (Wildman–Crippen LogP) is 3.63. The third-order valence-corrected chi connectivity index (χ3v) is 3.35. The second-order valence-electron chi connectivity index (χ2n) is 4.97. The van der Waals surface area contributed by atoms with E-state index in [2.05, 4.69) is 17.4 Å². The Hall–Kier alpha value is -2.39. The minimum atomic E-state index is 0.0185. The molecule has 0 aliphatic rings. The van der Waals surface area contributed by atoms with Gasteiger partial charge in [-0.1, -0.05) is 48.5 Å². The molecule has 0 heterocycles. The van der Waals surface area contributed by atoms with Gasteiger partial charge in [-0.3, -0.25) is 4.79 Å². The first kappa shape index (κ1) is 16.0. The Balaban J connectivity index is 2.09. The molecule has 0 aliphatic carbocycles. The Labute approximate surface area is 131 Å². The van der Waals surface area contributed by atoms with Crippen LogP contribution < -0.4 is 10.1 Å². The van der Waals surface area contributed by atoms with Gasteiger partial charge in [0, 0.05) is 6.42 Å². The molecule has 0 bridgehead atoms. The zero-order valence-electron chi connectivity index (χ0n) is 12.7. The van der Waals surface area contributed by atoms with Crippen molar-refractivity contribution in [3.05, 3.63) is 71.8 Å². The molecule has 3 heteroatoms. The Morgan fingerprint density at radius 1 is 1.09 bits per heavy atom. The average Bonchev–Trinajstić information content (AvgIpc) is 2.58. The summed E-state index contributed by atoms with van der Waals surface area (Å²) in [4.78, 5) is 10.3. The summed E-state index contributed by atoms with van der Waals surface area (Å²) in [5, 5.41) is 3.16. The van der Waals surface area contributed by atoms with Crippen molar-refractivity contribution >= 4 is 12.4 Å². The Bertz CT molecular complexity index is 591. The SMILES string of the molecule is CNCCC(Oc1ccc(/C=C/C=O)cc1)c1ccccc1. The van der Waals surface area contributed by atoms with Crippen LogP contribution in [0.2, 0.25) is 0 Å². The summed E-state index contributed by atoms with van der Waals surface area (Å²) in [6.07, 6.45) is 4.94. The molecule has 1 unspecified atom stereocenters. The molecule has 1 atom stereocenters. The van der Waals surface area contributed by atoms with Gasteiger partial charge in [0.2, 0.25) is 0 Å². The molecule has 0 radical (unpaired) electrons. The number of nitrogens with one attached hydrogen (secondary N) is 1. The van der Waals surface area contributed by atoms with Gasteiger partial charge in [0.15, 0.2) is 0 Å². The number of ether oxygens (including phenoxy) is 1. The van der Waals surface area contributed by atoms with Crippen LogP contribution in [0.5, 0.6) is 5.75 Å². The normalized spacial score (nSPS) is 12.2. The van der Waals surface area contributed by atoms with E-state index < -0.39 is 0 Å². The monoisotopic (exact) mass is 295 g/mol. The number of hydrogen-bond acceptors (Lipinski definition) is 3. The zero-order valence-corrected chi connectivity index (χ0v) is 12.7. The van der Waals surface area contributed by atoms with E-state index in [1.807, 2.05) is 49.5 Å². The largest absolute Gasteiger partial charge is 0.486 e. The number of benzene rings is 2. The van der Waals surface area contributed by atoms with Gasteiger partial charge in [0.25, 0.3) is 0 Å². The van der Waals surface area contributed by atoms with Crippen molar-refractivity contribution in [2.45, 2.75) is 12.5 Å². The lowest BCUT2D eigenvalue weighted by Gasteiger charge is -2.19. The highest BCUT2D eigenvalue weighted by molar-refractivity contribution is 5.73. The molecule has 0 saturated carbocycles. The second kappa shape index (κ2) is 8.80. The highest BCUT2D eigenvalue weighted by atomic mass is 16.5. The lowest BCUT2D eigenvalue weighted by atomic mass is 10.1. The highest BCUT2D eigenvalue weighted by Gasteiger charge is 2.12. The third-order valence-electron chi connectivity index (χ3n) is 3.35. The van der Waals surface area contributed by atoms with Gasteiger partial charge in [-0.25, -0.2) is 0 Å². The number of carbonyl (C=O) groups excluding carboxylic acids is 1. The van der Waals surface area contributed by atoms with Crippen molar-refractivity contribution in [3.63, 3.8) is 0 Å². The van der Waals surface area contributed by atoms with Gasteiger partial charge < -0.3 is 10.1 Å². The number of aldehydes is 1. The fourth-order valence-electron chi connectivity index (χ4n) is 2.21. The van der Waals surface area contributed by atoms with Crippen LogP contribution in [0.1, 0.15) is 23.7 Å². The van der Waals surface area contributed by atoms with E-state index in [1.54, 1.807) is 6.08 Å². The van der Waals surface area contributed by atoms with E-state index in [-0.39, 0.29) is 6.10 Å². The maximum Gasteiger partial charge on any atom is 0.142 e. The van der Waals surface area contributed by atoms with Gasteiger partial charge in [-0.15, -0.1) is 0 Å². The Morgan fingerprint density at radius 2 is 1.82 bits per heavy atom. The molecule has 0 saturated heterocycles. The quantitative estimate of drug-likeness (QED) is 0.597. The highest BCUT2D eigenvalue weighted by Crippen LogP contribution is 2.25. The lowest BCUT2D eigenvalue weighted by Crippen LogP contribution is -2.16. The molecule has 0 spiro atoms. The molecule has 1 N–H and O–H groups in total. The van der Waals surface area contributed by atoms with E-state index in [4.69, 9.17) is 4.74 Å². The van der Waals surface area contributed by atoms with E-state index in [1.165, 1.54) is 11.6 Å². The van der Waals surface area contributed by atoms with Crippen molar-refractivity contribution in [2.24, 2.45) is 0 Å². The Kier molecular flexibility index (Phi) is 6.39. The van der Waals surface area contributed by atoms with Crippen molar-refractivity contribution in [1.29, 1.82) is 0 Å². The first-order chi connectivity index (χ1) is 10.8. The van der Waals surface area contributed by atoms with E-state index in [0.29, 0.717) is 0 Å². The summed E-state index contributed by atoms with van der Waals surface area (Å²) < 4.78 is 6.13. The maximum atomic E-state index is 10.3. The van der Waals surface area contributed by atoms with E-state index in [0.717, 1.165) is 30.6 Å². The molecule has 0 amide bonds. The van der Waals surface area contributed by atoms with Crippen LogP contribution in [0.25, 0.3) is 6.08 Å². The van der Waals surface area contributed by atoms with Crippen molar-refractivity contribution in [3.8, 4) is 5.75 Å². The minimum absolute atomic E-state index is 0.0185. The summed E-state index contributed by atoms with van der Waals surface area (Å²) in [5.74, 6) is 0.827. The molecule has 114 valence electrons. The van der Waals surface area contributed by atoms with Crippen LogP contribution in [-0.4, -0.2) is 19.9 Å². The van der Waals surface area contributed by atoms with Crippen molar-refractivity contribution in [1.82, 2.24) is 5.32 Å². The fraction of sp³-hybridized carbons (Fsp3) is 0.211. The molecule has 2 rings (SSSR count). The van der Waals surface area contributed by atoms with Gasteiger partial charge in [-0.2, -0.15) is 0 Å². The minimum Gasteiger partial charge on any atom is -0.486 e. The topological polar surface area (TPSA) is 38.3 Å². The predicted molar refractivity (Wildman–Crippen MR) is 89.9 cm³/mol. The molecular weight excluding hydrogens is 274 g/mol. The molecule has 2 aromatic rings. The summed E-state index contributed by atoms with van der Waals surface area (Å²) in [6.45, 7) is 0.889. The molecule has 22 heavy (non-hydrogen) atoms. The molecule has 3 nitrogen and oxygen atoms in total. The summed E-state index contributed by atoms with van der Waals surface area (Å²) >= 11 is 0. The van der Waals surface area contributed by atoms with Crippen molar-refractivity contribution in [2.75, 3.05) is 13.6 Å². The van der Waals surface area contributed by atoms with Crippen molar-refractivity contribution < 1.29 is 9.53 Å². The Morgan fingerprint density at radius 3 is 2.45 bits per heavy atom. The van der Waals surface area contributed by atoms with Crippen LogP contribution in [0, 0.1) is 0 Å². The van der Waals surface area contributed by atoms with Crippen LogP contribution >= 0.6 is 0 Å². The van der Waals surface area contributed by atoms with Crippen LogP contribution in [0.4, 0.5) is 0 Å². The molecule has 0 aliphatic heterocycles. The molecular formula is C19H21NO2. The average molecular weight is 295 g/mol. The summed E-state index contributed by atoms with van der Waals surface area (Å²) in [6, 6.07) is 18.0. The zero-order chi connectivity index (χ0) is 15.6. The second-order valence-corrected chi connectivity index (χ2v) is 4.97. The van der Waals surface area contributed by atoms with Gasteiger partial charge in [-0.05, 0) is 42.9 Å². The first-order valence-corrected chi connectivity index (χ1v) is 7.41. The van der Waals surface area contributed by atoms with Crippen LogP contribution in [-0.2, 0) is 4.79 Å². The van der Waals surface area contributed by atoms with E-state index in [9.17, 15) is 4.79 Å². The van der Waals surface area contributed by atoms with Crippen LogP contribution in [0.15, 0.2) is 60.7 Å². The number of allylic oxidation sites excluding steroid dienone is 1. The first-order valence-electron chi connectivity index (χ1n) is 7.41. The number of rotatable bonds is 8. The van der Waals surface area contributed by atoms with Gasteiger partial charge in [0.1, 0.15) is 18.1 Å². The summed E-state index contributed by atoms with van der Waals surface area (Å²) in [5.41, 5.74) is 2.15. The van der Waals surface area contributed by atoms with Crippen LogP contribution in [0.3, 0.4) is 0 Å². The smallest absolute Gasteiger partial charge is 0.142 e. The number of hydrogen-bond donors (Lipinski definition) is 1. The molecule has 0 fully saturated rings. The summed E-state index contributed by atoms with van der Waals surface area (Å²) in [7, 11) is 1.94. The number of carbonyl (C=O) groups is 1.